The lowest BCUT2D eigenvalue weighted by Gasteiger charge is -2.16. The molecule has 0 fully saturated rings. The molecule has 0 aromatic rings. The molecular weight excluding hydrogens is 592 g/mol. The Labute approximate surface area is 273 Å². The standard InChI is InChI=1S/C36H48O10/c1-7-23-44-45-27-14-10-12-25-40-31(5)17-18-32(6)42-28-43-33-19-21-34(22-20-33)46-36(38)29(3)15-16-30(4)39-24-11-9-13-26-41-35(37)8-2/h8,15-19,21,23H,1-4,9-14,20,22,24-28H2,5-6H3. The molecule has 0 aromatic carbocycles. The molecule has 0 spiro atoms. The van der Waals surface area contributed by atoms with Crippen molar-refractivity contribution in [2.24, 2.45) is 0 Å². The van der Waals surface area contributed by atoms with Gasteiger partial charge in [0.25, 0.3) is 0 Å². The zero-order chi connectivity index (χ0) is 33.8. The molecular formula is C36H48O10. The zero-order valence-electron chi connectivity index (χ0n) is 27.2. The highest BCUT2D eigenvalue weighted by molar-refractivity contribution is 5.91. The van der Waals surface area contributed by atoms with Gasteiger partial charge in [0, 0.05) is 18.9 Å². The van der Waals surface area contributed by atoms with Gasteiger partial charge in [-0.1, -0.05) is 32.0 Å². The van der Waals surface area contributed by atoms with Gasteiger partial charge in [-0.05, 0) is 88.8 Å². The second-order valence-electron chi connectivity index (χ2n) is 9.87. The summed E-state index contributed by atoms with van der Waals surface area (Å²) in [4.78, 5) is 33.0. The number of esters is 2. The van der Waals surface area contributed by atoms with Crippen molar-refractivity contribution in [1.29, 1.82) is 0 Å². The van der Waals surface area contributed by atoms with Crippen LogP contribution in [0.25, 0.3) is 0 Å². The summed E-state index contributed by atoms with van der Waals surface area (Å²) in [6.45, 7) is 20.0. The average molecular weight is 641 g/mol. The number of unbranched alkanes of at least 4 members (excludes halogenated alkanes) is 4. The summed E-state index contributed by atoms with van der Waals surface area (Å²) >= 11 is 0. The van der Waals surface area contributed by atoms with E-state index in [1.807, 2.05) is 26.0 Å². The second kappa shape index (κ2) is 25.6. The van der Waals surface area contributed by atoms with Crippen LogP contribution in [0.2, 0.25) is 0 Å². The van der Waals surface area contributed by atoms with Crippen LogP contribution in [0.3, 0.4) is 0 Å². The molecule has 0 bridgehead atoms. The summed E-state index contributed by atoms with van der Waals surface area (Å²) < 4.78 is 32.9. The van der Waals surface area contributed by atoms with Crippen molar-refractivity contribution in [3.05, 3.63) is 115 Å². The van der Waals surface area contributed by atoms with E-state index in [-0.39, 0.29) is 12.4 Å². The highest BCUT2D eigenvalue weighted by atomic mass is 17.2. The minimum atomic E-state index is -0.559. The third-order valence-corrected chi connectivity index (χ3v) is 6.00. The van der Waals surface area contributed by atoms with Crippen LogP contribution < -0.4 is 0 Å². The van der Waals surface area contributed by atoms with E-state index in [0.717, 1.165) is 56.1 Å². The van der Waals surface area contributed by atoms with E-state index in [9.17, 15) is 9.59 Å². The van der Waals surface area contributed by atoms with Crippen LogP contribution in [0, 0.1) is 0 Å². The Bertz CT molecular complexity index is 1200. The number of ether oxygens (including phenoxy) is 6. The van der Waals surface area contributed by atoms with Crippen LogP contribution in [0.4, 0.5) is 0 Å². The monoisotopic (exact) mass is 640 g/mol. The Morgan fingerprint density at radius 1 is 0.804 bits per heavy atom. The van der Waals surface area contributed by atoms with Gasteiger partial charge in [-0.3, -0.25) is 0 Å². The van der Waals surface area contributed by atoms with E-state index in [4.69, 9.17) is 38.2 Å². The van der Waals surface area contributed by atoms with Crippen molar-refractivity contribution in [2.75, 3.05) is 33.2 Å². The summed E-state index contributed by atoms with van der Waals surface area (Å²) in [5.41, 5.74) is 2.63. The summed E-state index contributed by atoms with van der Waals surface area (Å²) in [6.07, 6.45) is 18.7. The smallest absolute Gasteiger partial charge is 0.342 e. The van der Waals surface area contributed by atoms with E-state index in [0.29, 0.717) is 56.5 Å². The highest BCUT2D eigenvalue weighted by Crippen LogP contribution is 2.21. The van der Waals surface area contributed by atoms with Gasteiger partial charge in [-0.15, -0.1) is 0 Å². The number of hydrogen-bond acceptors (Lipinski definition) is 10. The highest BCUT2D eigenvalue weighted by Gasteiger charge is 2.14. The van der Waals surface area contributed by atoms with Crippen molar-refractivity contribution in [3.63, 3.8) is 0 Å². The van der Waals surface area contributed by atoms with E-state index < -0.39 is 11.9 Å². The van der Waals surface area contributed by atoms with Gasteiger partial charge in [0.1, 0.15) is 17.3 Å². The average Bonchev–Trinajstić information content (AvgIpc) is 3.05. The van der Waals surface area contributed by atoms with E-state index in [1.165, 1.54) is 12.3 Å². The number of allylic oxidation sites excluding steroid dienone is 9. The molecule has 10 nitrogen and oxygen atoms in total. The lowest BCUT2D eigenvalue weighted by atomic mass is 10.1. The molecule has 0 aromatic heterocycles. The van der Waals surface area contributed by atoms with Crippen molar-refractivity contribution in [3.8, 4) is 0 Å². The number of carbonyl (C=O) groups excluding carboxylic acids is 2. The summed E-state index contributed by atoms with van der Waals surface area (Å²) in [5.74, 6) is 2.12. The van der Waals surface area contributed by atoms with E-state index >= 15 is 0 Å². The first-order chi connectivity index (χ1) is 22.2. The Morgan fingerprint density at radius 2 is 1.41 bits per heavy atom. The molecule has 0 aliphatic heterocycles. The van der Waals surface area contributed by atoms with Crippen molar-refractivity contribution in [2.45, 2.75) is 65.2 Å². The molecule has 10 heteroatoms. The fourth-order valence-electron chi connectivity index (χ4n) is 3.43. The molecule has 1 aliphatic rings. The second-order valence-corrected chi connectivity index (χ2v) is 9.87. The first-order valence-electron chi connectivity index (χ1n) is 15.2. The van der Waals surface area contributed by atoms with Crippen LogP contribution in [0.15, 0.2) is 115 Å². The Morgan fingerprint density at radius 3 is 2.07 bits per heavy atom. The molecule has 1 aliphatic carbocycles. The van der Waals surface area contributed by atoms with Gasteiger partial charge in [0.15, 0.2) is 6.26 Å². The lowest BCUT2D eigenvalue weighted by Crippen LogP contribution is -2.09. The third-order valence-electron chi connectivity index (χ3n) is 6.00. The van der Waals surface area contributed by atoms with Crippen LogP contribution >= 0.6 is 0 Å². The predicted octanol–water partition coefficient (Wildman–Crippen LogP) is 7.87. The van der Waals surface area contributed by atoms with Gasteiger partial charge in [-0.25, -0.2) is 9.59 Å². The first-order valence-corrected chi connectivity index (χ1v) is 15.2. The van der Waals surface area contributed by atoms with Gasteiger partial charge >= 0.3 is 11.9 Å². The van der Waals surface area contributed by atoms with Crippen molar-refractivity contribution < 1.29 is 47.8 Å². The molecule has 0 heterocycles. The normalized spacial score (nSPS) is 13.0. The van der Waals surface area contributed by atoms with Crippen molar-refractivity contribution >= 4 is 11.9 Å². The van der Waals surface area contributed by atoms with Crippen LogP contribution in [-0.2, 0) is 47.8 Å². The summed E-state index contributed by atoms with van der Waals surface area (Å²) in [5, 5.41) is 0. The molecule has 46 heavy (non-hydrogen) atoms. The first kappa shape index (κ1) is 39.4. The minimum Gasteiger partial charge on any atom is -0.498 e. The molecule has 0 radical (unpaired) electrons. The number of hydrogen-bond donors (Lipinski definition) is 0. The number of rotatable bonds is 26. The molecule has 252 valence electrons. The Hall–Kier alpha value is -4.66. The SMILES string of the molecule is C=C=COOCCCCCOC(C)=CC=C(C)OCOC1=CC=C(OC(=O)C(=C)C=CC(=C)OCCCCCOC(=O)C=C)CC1. The van der Waals surface area contributed by atoms with Crippen LogP contribution in [0.1, 0.15) is 65.2 Å². The van der Waals surface area contributed by atoms with Gasteiger partial charge < -0.3 is 33.3 Å². The van der Waals surface area contributed by atoms with Gasteiger partial charge in [-0.2, -0.15) is 4.89 Å². The topological polar surface area (TPSA) is 108 Å². The van der Waals surface area contributed by atoms with Gasteiger partial charge in [0.2, 0.25) is 6.79 Å². The molecule has 0 atom stereocenters. The quantitative estimate of drug-likeness (QED) is 0.0107. The Balaban J connectivity index is 2.24. The van der Waals surface area contributed by atoms with Crippen LogP contribution in [0.5, 0.6) is 0 Å². The van der Waals surface area contributed by atoms with Gasteiger partial charge in [0.05, 0.1) is 43.5 Å². The summed E-state index contributed by atoms with van der Waals surface area (Å²) in [7, 11) is 0. The van der Waals surface area contributed by atoms with E-state index in [1.54, 1.807) is 18.2 Å². The maximum Gasteiger partial charge on any atom is 0.342 e. The van der Waals surface area contributed by atoms with Crippen LogP contribution in [-0.4, -0.2) is 45.2 Å². The largest absolute Gasteiger partial charge is 0.498 e. The molecule has 0 saturated heterocycles. The van der Waals surface area contributed by atoms with E-state index in [2.05, 4.69) is 32.0 Å². The Kier molecular flexibility index (Phi) is 21.9. The summed E-state index contributed by atoms with van der Waals surface area (Å²) in [6, 6.07) is 0. The molecule has 0 amide bonds. The van der Waals surface area contributed by atoms with Crippen molar-refractivity contribution in [1.82, 2.24) is 0 Å². The maximum atomic E-state index is 12.4. The zero-order valence-corrected chi connectivity index (χ0v) is 27.2. The lowest BCUT2D eigenvalue weighted by molar-refractivity contribution is -0.248. The maximum absolute atomic E-state index is 12.4. The third kappa shape index (κ3) is 21.1. The number of carbonyl (C=O) groups is 2. The molecule has 1 rings (SSSR count). The molecule has 0 saturated carbocycles. The fraction of sp³-hybridized carbons (Fsp3) is 0.417. The molecule has 0 N–H and O–H groups in total. The predicted molar refractivity (Wildman–Crippen MR) is 175 cm³/mol. The fourth-order valence-corrected chi connectivity index (χ4v) is 3.43. The minimum absolute atomic E-state index is 0.0535. The molecule has 0 unspecified atom stereocenters.